The molecule has 3 aromatic carbocycles. The molecule has 0 aliphatic rings. The number of hydrogen-bond acceptors (Lipinski definition) is 5. The summed E-state index contributed by atoms with van der Waals surface area (Å²) < 4.78 is 0. The number of para-hydroxylation sites is 1. The Kier molecular flexibility index (Phi) is 5.40. The van der Waals surface area contributed by atoms with E-state index in [1.165, 1.54) is 28.2 Å². The van der Waals surface area contributed by atoms with Crippen molar-refractivity contribution in [3.8, 4) is 0 Å². The lowest BCUT2D eigenvalue weighted by Crippen LogP contribution is -2.12. The van der Waals surface area contributed by atoms with E-state index in [0.717, 1.165) is 23.1 Å². The van der Waals surface area contributed by atoms with Crippen molar-refractivity contribution >= 4 is 33.4 Å². The number of rotatable bonds is 6. The number of nitrogens with zero attached hydrogens (tertiary/aromatic N) is 3. The highest BCUT2D eigenvalue weighted by molar-refractivity contribution is 6.06. The maximum Gasteiger partial charge on any atom is 0.250 e. The van der Waals surface area contributed by atoms with Crippen LogP contribution < -0.4 is 11.1 Å². The molecule has 6 heteroatoms. The van der Waals surface area contributed by atoms with Crippen molar-refractivity contribution in [3.05, 3.63) is 107 Å². The number of nitrogens with one attached hydrogen (secondary N) is 1. The first-order chi connectivity index (χ1) is 16.1. The molecule has 162 valence electrons. The molecule has 0 bridgehead atoms. The van der Waals surface area contributed by atoms with E-state index < -0.39 is 5.91 Å². The molecule has 0 radical (unpaired) electrons. The molecule has 5 aromatic rings. The second-order valence-corrected chi connectivity index (χ2v) is 8.12. The number of aryl methyl sites for hydroxylation is 1. The maximum atomic E-state index is 11.7. The van der Waals surface area contributed by atoms with E-state index >= 15 is 0 Å². The number of amides is 1. The van der Waals surface area contributed by atoms with E-state index in [-0.39, 0.29) is 0 Å². The Hall–Kier alpha value is -4.32. The topological polar surface area (TPSA) is 93.8 Å². The molecule has 5 rings (SSSR count). The van der Waals surface area contributed by atoms with Gasteiger partial charge in [0.25, 0.3) is 5.91 Å². The van der Waals surface area contributed by atoms with E-state index in [2.05, 4.69) is 69.7 Å². The molecule has 0 unspecified atom stereocenters. The van der Waals surface area contributed by atoms with Crippen molar-refractivity contribution in [1.82, 2.24) is 15.0 Å². The molecular weight excluding hydrogens is 410 g/mol. The smallest absolute Gasteiger partial charge is 0.250 e. The van der Waals surface area contributed by atoms with Crippen molar-refractivity contribution in [2.45, 2.75) is 19.9 Å². The average molecular weight is 434 g/mol. The third kappa shape index (κ3) is 4.23. The largest absolute Gasteiger partial charge is 0.366 e. The van der Waals surface area contributed by atoms with Crippen LogP contribution in [0.15, 0.2) is 79.3 Å². The van der Waals surface area contributed by atoms with Gasteiger partial charge in [0.15, 0.2) is 0 Å². The monoisotopic (exact) mass is 433 g/mol. The van der Waals surface area contributed by atoms with Crippen LogP contribution in [0.3, 0.4) is 0 Å². The Balaban J connectivity index is 1.39. The van der Waals surface area contributed by atoms with Gasteiger partial charge < -0.3 is 11.1 Å². The summed E-state index contributed by atoms with van der Waals surface area (Å²) in [7, 11) is 0. The Labute approximate surface area is 191 Å². The van der Waals surface area contributed by atoms with E-state index in [9.17, 15) is 4.79 Å². The minimum Gasteiger partial charge on any atom is -0.366 e. The highest BCUT2D eigenvalue weighted by atomic mass is 16.1. The normalized spacial score (nSPS) is 11.1. The Bertz CT molecular complexity index is 1500. The SMILES string of the molecule is Cc1ccc2ccnc(Cc3cccc(CNc4ncnc5c(C(N)=O)cccc45)c3)c2c1. The first kappa shape index (κ1) is 20.6. The van der Waals surface area contributed by atoms with Crippen molar-refractivity contribution in [2.75, 3.05) is 5.32 Å². The number of primary amides is 1. The third-order valence-electron chi connectivity index (χ3n) is 5.76. The fourth-order valence-electron chi connectivity index (χ4n) is 4.14. The molecule has 33 heavy (non-hydrogen) atoms. The van der Waals surface area contributed by atoms with Crippen molar-refractivity contribution < 1.29 is 4.79 Å². The zero-order valence-corrected chi connectivity index (χ0v) is 18.2. The van der Waals surface area contributed by atoms with Gasteiger partial charge >= 0.3 is 0 Å². The van der Waals surface area contributed by atoms with Gasteiger partial charge in [-0.25, -0.2) is 9.97 Å². The molecule has 3 N–H and O–H groups in total. The van der Waals surface area contributed by atoms with E-state index in [0.29, 0.717) is 23.4 Å². The lowest BCUT2D eigenvalue weighted by molar-refractivity contribution is 0.100. The van der Waals surface area contributed by atoms with Gasteiger partial charge in [0.1, 0.15) is 12.1 Å². The van der Waals surface area contributed by atoms with Crippen molar-refractivity contribution in [1.29, 1.82) is 0 Å². The van der Waals surface area contributed by atoms with E-state index in [1.807, 2.05) is 18.3 Å². The molecular formula is C27H23N5O. The van der Waals surface area contributed by atoms with Crippen LogP contribution in [0, 0.1) is 6.92 Å². The highest BCUT2D eigenvalue weighted by Crippen LogP contribution is 2.24. The van der Waals surface area contributed by atoms with Gasteiger partial charge in [0, 0.05) is 29.9 Å². The second-order valence-electron chi connectivity index (χ2n) is 8.12. The number of fused-ring (bicyclic) bond motifs is 2. The first-order valence-corrected chi connectivity index (χ1v) is 10.8. The van der Waals surface area contributed by atoms with Crippen LogP contribution >= 0.6 is 0 Å². The summed E-state index contributed by atoms with van der Waals surface area (Å²) >= 11 is 0. The Morgan fingerprint density at radius 1 is 0.909 bits per heavy atom. The highest BCUT2D eigenvalue weighted by Gasteiger charge is 2.11. The number of nitrogens with two attached hydrogens (primary N) is 1. The van der Waals surface area contributed by atoms with Gasteiger partial charge in [0.05, 0.1) is 16.8 Å². The van der Waals surface area contributed by atoms with E-state index in [4.69, 9.17) is 5.73 Å². The fraction of sp³-hybridized carbons (Fsp3) is 0.111. The predicted octanol–water partition coefficient (Wildman–Crippen LogP) is 4.79. The molecule has 0 saturated heterocycles. The number of benzene rings is 3. The number of hydrogen-bond donors (Lipinski definition) is 2. The fourth-order valence-corrected chi connectivity index (χ4v) is 4.14. The van der Waals surface area contributed by atoms with Crippen LogP contribution in [0.5, 0.6) is 0 Å². The van der Waals surface area contributed by atoms with Crippen molar-refractivity contribution in [3.63, 3.8) is 0 Å². The molecule has 0 aliphatic heterocycles. The summed E-state index contributed by atoms with van der Waals surface area (Å²) in [6.07, 6.45) is 4.08. The van der Waals surface area contributed by atoms with Crippen LogP contribution in [0.2, 0.25) is 0 Å². The average Bonchev–Trinajstić information content (AvgIpc) is 2.83. The summed E-state index contributed by atoms with van der Waals surface area (Å²) in [4.78, 5) is 25.0. The molecule has 2 aromatic heterocycles. The number of anilines is 1. The van der Waals surface area contributed by atoms with Gasteiger partial charge in [-0.05, 0) is 47.7 Å². The Morgan fingerprint density at radius 2 is 1.76 bits per heavy atom. The standard InChI is InChI=1S/C27H23N5O/c1-17-8-9-20-10-11-29-24(23(20)12-17)14-18-4-2-5-19(13-18)15-30-27-22-7-3-6-21(26(28)33)25(22)31-16-32-27/h2-13,16H,14-15H2,1H3,(H2,28,33)(H,30,31,32). The minimum atomic E-state index is -0.504. The zero-order chi connectivity index (χ0) is 22.8. The molecule has 0 spiro atoms. The number of aromatic nitrogens is 3. The maximum absolute atomic E-state index is 11.7. The molecule has 0 atom stereocenters. The predicted molar refractivity (Wildman–Crippen MR) is 131 cm³/mol. The van der Waals surface area contributed by atoms with Gasteiger partial charge in [-0.3, -0.25) is 9.78 Å². The zero-order valence-electron chi connectivity index (χ0n) is 18.2. The van der Waals surface area contributed by atoms with Crippen LogP contribution in [0.4, 0.5) is 5.82 Å². The van der Waals surface area contributed by atoms with Crippen LogP contribution in [0.25, 0.3) is 21.7 Å². The molecule has 2 heterocycles. The van der Waals surface area contributed by atoms with Gasteiger partial charge in [-0.15, -0.1) is 0 Å². The Morgan fingerprint density at radius 3 is 2.64 bits per heavy atom. The summed E-state index contributed by atoms with van der Waals surface area (Å²) in [5.41, 5.74) is 11.0. The molecule has 6 nitrogen and oxygen atoms in total. The molecule has 0 fully saturated rings. The summed E-state index contributed by atoms with van der Waals surface area (Å²) in [5, 5.41) is 6.54. The molecule has 0 saturated carbocycles. The number of carbonyl (C=O) groups is 1. The lowest BCUT2D eigenvalue weighted by atomic mass is 10.0. The van der Waals surface area contributed by atoms with Crippen molar-refractivity contribution in [2.24, 2.45) is 5.73 Å². The minimum absolute atomic E-state index is 0.387. The van der Waals surface area contributed by atoms with E-state index in [1.54, 1.807) is 12.1 Å². The van der Waals surface area contributed by atoms with Gasteiger partial charge in [-0.2, -0.15) is 0 Å². The van der Waals surface area contributed by atoms with Gasteiger partial charge in [0.2, 0.25) is 0 Å². The summed E-state index contributed by atoms with van der Waals surface area (Å²) in [5.74, 6) is 0.162. The van der Waals surface area contributed by atoms with Crippen LogP contribution in [0.1, 0.15) is 32.7 Å². The van der Waals surface area contributed by atoms with Crippen LogP contribution in [-0.4, -0.2) is 20.9 Å². The number of carbonyl (C=O) groups excluding carboxylic acids is 1. The third-order valence-corrected chi connectivity index (χ3v) is 5.76. The first-order valence-electron chi connectivity index (χ1n) is 10.8. The molecule has 0 aliphatic carbocycles. The lowest BCUT2D eigenvalue weighted by Gasteiger charge is -2.11. The number of pyridine rings is 1. The summed E-state index contributed by atoms with van der Waals surface area (Å²) in [6.45, 7) is 2.69. The second kappa shape index (κ2) is 8.67. The van der Waals surface area contributed by atoms with Crippen LogP contribution in [-0.2, 0) is 13.0 Å². The molecule has 1 amide bonds. The quantitative estimate of drug-likeness (QED) is 0.402. The van der Waals surface area contributed by atoms with Gasteiger partial charge in [-0.1, -0.05) is 48.0 Å². The summed E-state index contributed by atoms with van der Waals surface area (Å²) in [6, 6.07) is 22.3.